The van der Waals surface area contributed by atoms with Gasteiger partial charge < -0.3 is 9.84 Å². The monoisotopic (exact) mass is 299 g/mol. The molecule has 114 valence electrons. The lowest BCUT2D eigenvalue weighted by Gasteiger charge is -2.35. The largest absolute Gasteiger partial charge is 0.573 e. The van der Waals surface area contributed by atoms with Crippen molar-refractivity contribution in [1.82, 2.24) is 0 Å². The maximum absolute atomic E-state index is 12.4. The van der Waals surface area contributed by atoms with E-state index in [2.05, 4.69) is 10.8 Å². The Labute approximate surface area is 121 Å². The van der Waals surface area contributed by atoms with Gasteiger partial charge >= 0.3 is 6.36 Å². The molecule has 2 rings (SSSR count). The predicted molar refractivity (Wildman–Crippen MR) is 69.2 cm³/mol. The van der Waals surface area contributed by atoms with Crippen molar-refractivity contribution in [2.24, 2.45) is 5.41 Å². The van der Waals surface area contributed by atoms with Crippen LogP contribution < -0.4 is 4.74 Å². The van der Waals surface area contributed by atoms with Gasteiger partial charge in [-0.2, -0.15) is 5.26 Å². The Kier molecular flexibility index (Phi) is 4.43. The molecular formula is C15H16F3NO2. The van der Waals surface area contributed by atoms with Gasteiger partial charge in [-0.1, -0.05) is 37.5 Å². The van der Waals surface area contributed by atoms with Crippen LogP contribution in [0.2, 0.25) is 0 Å². The summed E-state index contributed by atoms with van der Waals surface area (Å²) in [6, 6.07) is 7.57. The number of rotatable bonds is 3. The van der Waals surface area contributed by atoms with E-state index in [1.165, 1.54) is 18.2 Å². The fourth-order valence-electron chi connectivity index (χ4n) is 2.85. The van der Waals surface area contributed by atoms with E-state index in [0.29, 0.717) is 12.8 Å². The van der Waals surface area contributed by atoms with Crippen LogP contribution >= 0.6 is 0 Å². The number of alkyl halides is 3. The smallest absolute Gasteiger partial charge is 0.405 e. The summed E-state index contributed by atoms with van der Waals surface area (Å²) in [5, 5.41) is 19.9. The Bertz CT molecular complexity index is 530. The number of hydrogen-bond acceptors (Lipinski definition) is 3. The molecule has 1 aliphatic carbocycles. The second-order valence-corrected chi connectivity index (χ2v) is 5.32. The van der Waals surface area contributed by atoms with Crippen molar-refractivity contribution < 1.29 is 23.0 Å². The van der Waals surface area contributed by atoms with Gasteiger partial charge in [-0.05, 0) is 18.9 Å². The van der Waals surface area contributed by atoms with Gasteiger partial charge in [0.1, 0.15) is 11.9 Å². The highest BCUT2D eigenvalue weighted by molar-refractivity contribution is 5.37. The molecule has 1 atom stereocenters. The Hall–Kier alpha value is -1.74. The Morgan fingerprint density at radius 2 is 1.81 bits per heavy atom. The number of benzene rings is 1. The zero-order valence-electron chi connectivity index (χ0n) is 11.4. The molecule has 1 unspecified atom stereocenters. The number of aliphatic hydroxyl groups is 1. The maximum Gasteiger partial charge on any atom is 0.573 e. The number of nitrogens with zero attached hydrogens (tertiary/aromatic N) is 1. The van der Waals surface area contributed by atoms with Gasteiger partial charge in [-0.3, -0.25) is 0 Å². The molecule has 1 aliphatic rings. The molecule has 0 bridgehead atoms. The quantitative estimate of drug-likeness (QED) is 0.914. The van der Waals surface area contributed by atoms with Gasteiger partial charge in [0.15, 0.2) is 0 Å². The molecule has 1 aromatic rings. The fraction of sp³-hybridized carbons (Fsp3) is 0.533. The van der Waals surface area contributed by atoms with Crippen molar-refractivity contribution in [3.63, 3.8) is 0 Å². The summed E-state index contributed by atoms with van der Waals surface area (Å²) in [4.78, 5) is 0. The van der Waals surface area contributed by atoms with Gasteiger partial charge in [0.05, 0.1) is 11.5 Å². The Balaban J connectivity index is 2.34. The zero-order valence-corrected chi connectivity index (χ0v) is 11.4. The molecule has 0 aliphatic heterocycles. The summed E-state index contributed by atoms with van der Waals surface area (Å²) in [5.41, 5.74) is -1.03. The van der Waals surface area contributed by atoms with Crippen LogP contribution in [0, 0.1) is 16.7 Å². The van der Waals surface area contributed by atoms with E-state index in [9.17, 15) is 23.5 Å². The minimum atomic E-state index is -4.83. The van der Waals surface area contributed by atoms with Gasteiger partial charge in [-0.25, -0.2) is 0 Å². The molecule has 0 spiro atoms. The first kappa shape index (κ1) is 15.6. The zero-order chi connectivity index (χ0) is 15.5. The highest BCUT2D eigenvalue weighted by atomic mass is 19.4. The van der Waals surface area contributed by atoms with Crippen LogP contribution in [0.4, 0.5) is 13.2 Å². The van der Waals surface area contributed by atoms with Crippen LogP contribution in [0.15, 0.2) is 24.3 Å². The lowest BCUT2D eigenvalue weighted by molar-refractivity contribution is -0.275. The molecule has 0 saturated heterocycles. The summed E-state index contributed by atoms with van der Waals surface area (Å²) in [6.07, 6.45) is -2.63. The van der Waals surface area contributed by atoms with Crippen molar-refractivity contribution in [2.45, 2.75) is 44.6 Å². The third kappa shape index (κ3) is 3.48. The number of ether oxygens (including phenoxy) is 1. The summed E-state index contributed by atoms with van der Waals surface area (Å²) in [7, 11) is 0. The summed E-state index contributed by atoms with van der Waals surface area (Å²) < 4.78 is 41.3. The first-order valence-electron chi connectivity index (χ1n) is 6.82. The van der Waals surface area contributed by atoms with E-state index in [-0.39, 0.29) is 5.56 Å². The average Bonchev–Trinajstić information content (AvgIpc) is 2.46. The standard InChI is InChI=1S/C15H16F3NO2/c16-15(17,18)21-12-7-3-2-6-11(12)13(20)14(10-19)8-4-1-5-9-14/h2-3,6-7,13,20H,1,4-5,8-9H2. The molecule has 1 aromatic carbocycles. The van der Waals surface area contributed by atoms with E-state index in [1.807, 2.05) is 0 Å². The predicted octanol–water partition coefficient (Wildman–Crippen LogP) is 4.09. The SMILES string of the molecule is N#CC1(C(O)c2ccccc2OC(F)(F)F)CCCCC1. The van der Waals surface area contributed by atoms with Crippen molar-refractivity contribution in [2.75, 3.05) is 0 Å². The third-order valence-electron chi connectivity index (χ3n) is 3.93. The molecule has 3 nitrogen and oxygen atoms in total. The first-order chi connectivity index (χ1) is 9.88. The molecule has 1 fully saturated rings. The van der Waals surface area contributed by atoms with Gasteiger partial charge in [0.2, 0.25) is 0 Å². The topological polar surface area (TPSA) is 53.2 Å². The van der Waals surface area contributed by atoms with E-state index in [0.717, 1.165) is 25.3 Å². The van der Waals surface area contributed by atoms with E-state index in [1.54, 1.807) is 0 Å². The van der Waals surface area contributed by atoms with Gasteiger partial charge in [-0.15, -0.1) is 13.2 Å². The highest BCUT2D eigenvalue weighted by Gasteiger charge is 2.42. The van der Waals surface area contributed by atoms with Crippen LogP contribution in [-0.2, 0) is 0 Å². The van der Waals surface area contributed by atoms with Crippen LogP contribution in [0.25, 0.3) is 0 Å². The molecule has 6 heteroatoms. The molecule has 1 saturated carbocycles. The summed E-state index contributed by atoms with van der Waals surface area (Å²) in [5.74, 6) is -0.447. The number of nitriles is 1. The normalized spacial score (nSPS) is 19.6. The third-order valence-corrected chi connectivity index (χ3v) is 3.93. The number of aliphatic hydroxyl groups excluding tert-OH is 1. The summed E-state index contributed by atoms with van der Waals surface area (Å²) in [6.45, 7) is 0. The minimum Gasteiger partial charge on any atom is -0.405 e. The summed E-state index contributed by atoms with van der Waals surface area (Å²) >= 11 is 0. The minimum absolute atomic E-state index is 0.0123. The van der Waals surface area contributed by atoms with E-state index < -0.39 is 23.6 Å². The molecule has 0 amide bonds. The second kappa shape index (κ2) is 5.94. The maximum atomic E-state index is 12.4. The number of para-hydroxylation sites is 1. The van der Waals surface area contributed by atoms with Crippen LogP contribution in [0.5, 0.6) is 5.75 Å². The van der Waals surface area contributed by atoms with Gasteiger partial charge in [0.25, 0.3) is 0 Å². The van der Waals surface area contributed by atoms with Crippen molar-refractivity contribution in [1.29, 1.82) is 5.26 Å². The lowest BCUT2D eigenvalue weighted by atomic mass is 9.69. The van der Waals surface area contributed by atoms with Crippen LogP contribution in [-0.4, -0.2) is 11.5 Å². The molecule has 0 aromatic heterocycles. The number of halogens is 3. The Morgan fingerprint density at radius 3 is 2.38 bits per heavy atom. The van der Waals surface area contributed by atoms with Crippen LogP contribution in [0.1, 0.15) is 43.8 Å². The van der Waals surface area contributed by atoms with Crippen molar-refractivity contribution in [3.05, 3.63) is 29.8 Å². The lowest BCUT2D eigenvalue weighted by Crippen LogP contribution is -2.30. The molecule has 21 heavy (non-hydrogen) atoms. The first-order valence-corrected chi connectivity index (χ1v) is 6.82. The van der Waals surface area contributed by atoms with E-state index >= 15 is 0 Å². The highest BCUT2D eigenvalue weighted by Crippen LogP contribution is 2.47. The van der Waals surface area contributed by atoms with E-state index in [4.69, 9.17) is 0 Å². The fourth-order valence-corrected chi connectivity index (χ4v) is 2.85. The van der Waals surface area contributed by atoms with Gasteiger partial charge in [0, 0.05) is 5.56 Å². The second-order valence-electron chi connectivity index (χ2n) is 5.32. The van der Waals surface area contributed by atoms with Crippen LogP contribution in [0.3, 0.4) is 0 Å². The average molecular weight is 299 g/mol. The molecule has 1 N–H and O–H groups in total. The van der Waals surface area contributed by atoms with Crippen molar-refractivity contribution >= 4 is 0 Å². The number of hydrogen-bond donors (Lipinski definition) is 1. The molecule has 0 heterocycles. The molecule has 0 radical (unpaired) electrons. The molecular weight excluding hydrogens is 283 g/mol. The Morgan fingerprint density at radius 1 is 1.19 bits per heavy atom. The van der Waals surface area contributed by atoms with Crippen molar-refractivity contribution in [3.8, 4) is 11.8 Å².